The van der Waals surface area contributed by atoms with Crippen molar-refractivity contribution < 1.29 is 14.3 Å². The zero-order valence-electron chi connectivity index (χ0n) is 15.4. The van der Waals surface area contributed by atoms with E-state index in [9.17, 15) is 9.59 Å². The van der Waals surface area contributed by atoms with Crippen molar-refractivity contribution in [3.8, 4) is 0 Å². The Bertz CT molecular complexity index is 691. The number of likely N-dealkylation sites (tertiary alicyclic amines) is 1. The summed E-state index contributed by atoms with van der Waals surface area (Å²) in [6.07, 6.45) is 8.82. The molecule has 1 saturated carbocycles. The Balaban J connectivity index is 1.35. The molecule has 6 heteroatoms. The van der Waals surface area contributed by atoms with Gasteiger partial charge in [-0.1, -0.05) is 0 Å². The molecule has 0 aromatic carbocycles. The smallest absolute Gasteiger partial charge is 0.341 e. The van der Waals surface area contributed by atoms with Crippen molar-refractivity contribution in [3.63, 3.8) is 0 Å². The predicted octanol–water partition coefficient (Wildman–Crippen LogP) is 2.19. The number of ether oxygens (including phenoxy) is 1. The van der Waals surface area contributed by atoms with Crippen LogP contribution in [0, 0.1) is 5.92 Å². The fraction of sp³-hybridized carbons (Fsp3) is 0.650. The van der Waals surface area contributed by atoms with Gasteiger partial charge in [0, 0.05) is 44.0 Å². The first kappa shape index (κ1) is 17.5. The van der Waals surface area contributed by atoms with Crippen molar-refractivity contribution in [2.75, 3.05) is 33.2 Å². The number of rotatable bonds is 4. The maximum absolute atomic E-state index is 12.8. The molecule has 2 aliphatic heterocycles. The second kappa shape index (κ2) is 6.99. The SMILES string of the molecule is CN(CCN1CCCC1)C(=O)C1CCC2(CC1)OC(=O)c1cnccc12. The molecule has 1 aromatic heterocycles. The van der Waals surface area contributed by atoms with Crippen LogP contribution < -0.4 is 0 Å². The number of hydrogen-bond acceptors (Lipinski definition) is 5. The van der Waals surface area contributed by atoms with E-state index in [1.54, 1.807) is 12.4 Å². The van der Waals surface area contributed by atoms with Gasteiger partial charge in [-0.25, -0.2) is 4.79 Å². The van der Waals surface area contributed by atoms with Gasteiger partial charge in [0.25, 0.3) is 0 Å². The van der Waals surface area contributed by atoms with Crippen LogP contribution in [0.15, 0.2) is 18.5 Å². The second-order valence-electron chi connectivity index (χ2n) is 7.89. The number of likely N-dealkylation sites (N-methyl/N-ethyl adjacent to an activating group) is 1. The first-order valence-electron chi connectivity index (χ1n) is 9.74. The largest absolute Gasteiger partial charge is 0.451 e. The van der Waals surface area contributed by atoms with E-state index < -0.39 is 5.60 Å². The zero-order valence-corrected chi connectivity index (χ0v) is 15.4. The average molecular weight is 357 g/mol. The van der Waals surface area contributed by atoms with Gasteiger partial charge >= 0.3 is 5.97 Å². The Labute approximate surface area is 154 Å². The highest BCUT2D eigenvalue weighted by atomic mass is 16.6. The number of pyridine rings is 1. The molecule has 6 nitrogen and oxygen atoms in total. The zero-order chi connectivity index (χ0) is 18.1. The first-order chi connectivity index (χ1) is 12.6. The van der Waals surface area contributed by atoms with Crippen LogP contribution in [-0.2, 0) is 15.1 Å². The molecular weight excluding hydrogens is 330 g/mol. The minimum absolute atomic E-state index is 0.0359. The summed E-state index contributed by atoms with van der Waals surface area (Å²) in [5, 5.41) is 0. The van der Waals surface area contributed by atoms with Gasteiger partial charge in [0.15, 0.2) is 0 Å². The van der Waals surface area contributed by atoms with Gasteiger partial charge in [-0.2, -0.15) is 0 Å². The van der Waals surface area contributed by atoms with Gasteiger partial charge in [0.05, 0.1) is 5.56 Å². The number of esters is 1. The minimum atomic E-state index is -0.541. The quantitative estimate of drug-likeness (QED) is 0.773. The van der Waals surface area contributed by atoms with Crippen LogP contribution in [-0.4, -0.2) is 59.9 Å². The van der Waals surface area contributed by atoms with Crippen molar-refractivity contribution in [1.82, 2.24) is 14.8 Å². The van der Waals surface area contributed by atoms with E-state index >= 15 is 0 Å². The number of carbonyl (C=O) groups excluding carboxylic acids is 2. The molecule has 0 radical (unpaired) electrons. The molecule has 0 N–H and O–H groups in total. The Morgan fingerprint density at radius 3 is 2.81 bits per heavy atom. The molecule has 0 atom stereocenters. The highest BCUT2D eigenvalue weighted by Crippen LogP contribution is 2.48. The van der Waals surface area contributed by atoms with E-state index in [2.05, 4.69) is 9.88 Å². The Kier molecular flexibility index (Phi) is 4.69. The van der Waals surface area contributed by atoms with E-state index in [0.717, 1.165) is 44.6 Å². The summed E-state index contributed by atoms with van der Waals surface area (Å²) in [5.74, 6) is -0.00674. The van der Waals surface area contributed by atoms with Gasteiger partial charge in [-0.3, -0.25) is 9.78 Å². The monoisotopic (exact) mass is 357 g/mol. The number of hydrogen-bond donors (Lipinski definition) is 0. The maximum Gasteiger partial charge on any atom is 0.341 e. The molecule has 0 bridgehead atoms. The summed E-state index contributed by atoms with van der Waals surface area (Å²) in [4.78, 5) is 33.3. The predicted molar refractivity (Wildman–Crippen MR) is 96.6 cm³/mol. The highest BCUT2D eigenvalue weighted by Gasteiger charge is 2.48. The third-order valence-corrected chi connectivity index (χ3v) is 6.29. The summed E-state index contributed by atoms with van der Waals surface area (Å²) >= 11 is 0. The van der Waals surface area contributed by atoms with Crippen molar-refractivity contribution >= 4 is 11.9 Å². The summed E-state index contributed by atoms with van der Waals surface area (Å²) in [7, 11) is 1.92. The molecule has 4 rings (SSSR count). The summed E-state index contributed by atoms with van der Waals surface area (Å²) in [6.45, 7) is 4.09. The minimum Gasteiger partial charge on any atom is -0.451 e. The standard InChI is InChI=1S/C20H27N3O3/c1-22(12-13-23-10-2-3-11-23)18(24)15-4-7-20(8-5-15)17-6-9-21-14-16(17)19(25)26-20/h6,9,14-15H,2-5,7-8,10-13H2,1H3. The van der Waals surface area contributed by atoms with Gasteiger partial charge in [-0.15, -0.1) is 0 Å². The van der Waals surface area contributed by atoms with Crippen LogP contribution in [0.1, 0.15) is 54.4 Å². The topological polar surface area (TPSA) is 62.7 Å². The molecule has 3 aliphatic rings. The molecular formula is C20H27N3O3. The van der Waals surface area contributed by atoms with Crippen molar-refractivity contribution in [2.24, 2.45) is 5.92 Å². The summed E-state index contributed by atoms with van der Waals surface area (Å²) in [5.41, 5.74) is 0.992. The molecule has 1 aliphatic carbocycles. The highest BCUT2D eigenvalue weighted by molar-refractivity contribution is 5.94. The number of amides is 1. The van der Waals surface area contributed by atoms with Gasteiger partial charge in [-0.05, 0) is 57.7 Å². The molecule has 140 valence electrons. The number of carbonyl (C=O) groups is 2. The molecule has 1 saturated heterocycles. The van der Waals surface area contributed by atoms with Crippen LogP contribution in [0.4, 0.5) is 0 Å². The Hall–Kier alpha value is -1.95. The van der Waals surface area contributed by atoms with Crippen LogP contribution in [0.2, 0.25) is 0 Å². The lowest BCUT2D eigenvalue weighted by Crippen LogP contribution is -2.41. The lowest BCUT2D eigenvalue weighted by Gasteiger charge is -2.37. The lowest BCUT2D eigenvalue weighted by atomic mass is 9.75. The number of aromatic nitrogens is 1. The fourth-order valence-corrected chi connectivity index (χ4v) is 4.66. The van der Waals surface area contributed by atoms with Crippen LogP contribution in [0.25, 0.3) is 0 Å². The fourth-order valence-electron chi connectivity index (χ4n) is 4.66. The van der Waals surface area contributed by atoms with E-state index in [1.165, 1.54) is 12.8 Å². The van der Waals surface area contributed by atoms with E-state index in [1.807, 2.05) is 18.0 Å². The Morgan fingerprint density at radius 1 is 1.35 bits per heavy atom. The first-order valence-corrected chi connectivity index (χ1v) is 9.74. The second-order valence-corrected chi connectivity index (χ2v) is 7.89. The van der Waals surface area contributed by atoms with Crippen molar-refractivity contribution in [2.45, 2.75) is 44.1 Å². The lowest BCUT2D eigenvalue weighted by molar-refractivity contribution is -0.137. The molecule has 1 spiro atoms. The number of nitrogens with zero attached hydrogens (tertiary/aromatic N) is 3. The maximum atomic E-state index is 12.8. The third-order valence-electron chi connectivity index (χ3n) is 6.29. The summed E-state index contributed by atoms with van der Waals surface area (Å²) < 4.78 is 5.75. The summed E-state index contributed by atoms with van der Waals surface area (Å²) in [6, 6.07) is 1.89. The third kappa shape index (κ3) is 3.11. The normalized spacial score (nSPS) is 28.2. The van der Waals surface area contributed by atoms with Crippen LogP contribution in [0.3, 0.4) is 0 Å². The Morgan fingerprint density at radius 2 is 2.08 bits per heavy atom. The van der Waals surface area contributed by atoms with Crippen molar-refractivity contribution in [1.29, 1.82) is 0 Å². The molecule has 26 heavy (non-hydrogen) atoms. The van der Waals surface area contributed by atoms with Crippen LogP contribution >= 0.6 is 0 Å². The number of fused-ring (bicyclic) bond motifs is 2. The van der Waals surface area contributed by atoms with Crippen LogP contribution in [0.5, 0.6) is 0 Å². The van der Waals surface area contributed by atoms with Gasteiger partial charge < -0.3 is 14.5 Å². The molecule has 1 aromatic rings. The van der Waals surface area contributed by atoms with E-state index in [-0.39, 0.29) is 17.8 Å². The molecule has 0 unspecified atom stereocenters. The van der Waals surface area contributed by atoms with E-state index in [0.29, 0.717) is 18.4 Å². The van der Waals surface area contributed by atoms with Crippen molar-refractivity contribution in [3.05, 3.63) is 29.6 Å². The average Bonchev–Trinajstić information content (AvgIpc) is 3.28. The van der Waals surface area contributed by atoms with Gasteiger partial charge in [0.1, 0.15) is 5.60 Å². The molecule has 2 fully saturated rings. The van der Waals surface area contributed by atoms with Gasteiger partial charge in [0.2, 0.25) is 5.91 Å². The molecule has 3 heterocycles. The van der Waals surface area contributed by atoms with E-state index in [4.69, 9.17) is 4.74 Å². The molecule has 1 amide bonds.